The summed E-state index contributed by atoms with van der Waals surface area (Å²) < 4.78 is 11.7. The van der Waals surface area contributed by atoms with Crippen LogP contribution in [-0.4, -0.2) is 56.4 Å². The number of likely N-dealkylation sites (tertiary alicyclic amines) is 1. The third-order valence-electron chi connectivity index (χ3n) is 7.11. The number of piperidine rings is 1. The molecule has 1 aromatic carbocycles. The Hall–Kier alpha value is -2.06. The van der Waals surface area contributed by atoms with Gasteiger partial charge in [-0.2, -0.15) is 0 Å². The Morgan fingerprint density at radius 1 is 1.19 bits per heavy atom. The fourth-order valence-electron chi connectivity index (χ4n) is 4.66. The maximum absolute atomic E-state index is 13.0. The van der Waals surface area contributed by atoms with Crippen molar-refractivity contribution >= 4 is 30.1 Å². The van der Waals surface area contributed by atoms with Crippen LogP contribution in [0.4, 0.5) is 4.79 Å². The average molecular weight is 441 g/mol. The number of hydrogen-bond donors (Lipinski definition) is 2. The van der Waals surface area contributed by atoms with Gasteiger partial charge < -0.3 is 19.5 Å². The van der Waals surface area contributed by atoms with E-state index in [2.05, 4.69) is 4.98 Å². The smallest absolute Gasteiger partial charge is 0.411 e. The molecule has 4 rings (SSSR count). The first-order chi connectivity index (χ1) is 14.7. The number of hydrogen-bond acceptors (Lipinski definition) is 5. The van der Waals surface area contributed by atoms with Gasteiger partial charge in [0.25, 0.3) is 0 Å². The second-order valence-corrected chi connectivity index (χ2v) is 11.4. The van der Waals surface area contributed by atoms with E-state index in [0.717, 1.165) is 41.6 Å². The van der Waals surface area contributed by atoms with Crippen LogP contribution in [0.2, 0.25) is 0 Å². The summed E-state index contributed by atoms with van der Waals surface area (Å²) in [6.07, 6.45) is 2.89. The van der Waals surface area contributed by atoms with E-state index in [1.807, 2.05) is 57.7 Å². The molecule has 1 amide bonds. The lowest BCUT2D eigenvalue weighted by Crippen LogP contribution is -2.49. The molecule has 2 bridgehead atoms. The van der Waals surface area contributed by atoms with Crippen molar-refractivity contribution in [2.75, 3.05) is 0 Å². The van der Waals surface area contributed by atoms with Crippen LogP contribution in [0.3, 0.4) is 0 Å². The Kier molecular flexibility index (Phi) is 5.61. The molecule has 2 N–H and O–H groups in total. The number of aromatic nitrogens is 2. The highest BCUT2D eigenvalue weighted by molar-refractivity contribution is 6.47. The molecule has 1 saturated carbocycles. The minimum absolute atomic E-state index is 0.0789. The number of imidazole rings is 1. The van der Waals surface area contributed by atoms with Gasteiger partial charge in [0.1, 0.15) is 11.4 Å². The summed E-state index contributed by atoms with van der Waals surface area (Å²) in [6.45, 7) is 13.0. The van der Waals surface area contributed by atoms with Crippen LogP contribution in [-0.2, 0) is 9.39 Å². The first kappa shape index (κ1) is 23.1. The first-order valence-corrected chi connectivity index (χ1v) is 11.6. The second kappa shape index (κ2) is 7.77. The largest absolute Gasteiger partial charge is 0.444 e. The molecule has 2 aliphatic rings. The highest BCUT2D eigenvalue weighted by Gasteiger charge is 2.51. The highest BCUT2D eigenvalue weighted by atomic mass is 16.6. The van der Waals surface area contributed by atoms with Crippen molar-refractivity contribution in [3.63, 3.8) is 0 Å². The number of carbonyl (C=O) groups is 1. The average Bonchev–Trinajstić information content (AvgIpc) is 3.37. The van der Waals surface area contributed by atoms with E-state index < -0.39 is 16.8 Å². The molecule has 0 spiro atoms. The molecule has 7 nitrogen and oxygen atoms in total. The molecule has 2 heterocycles. The van der Waals surface area contributed by atoms with E-state index in [4.69, 9.17) is 14.4 Å². The van der Waals surface area contributed by atoms with E-state index in [0.29, 0.717) is 13.4 Å². The molecule has 2 aromatic rings. The van der Waals surface area contributed by atoms with Crippen molar-refractivity contribution in [2.24, 2.45) is 5.92 Å². The van der Waals surface area contributed by atoms with Crippen molar-refractivity contribution in [3.05, 3.63) is 24.0 Å². The van der Waals surface area contributed by atoms with Crippen LogP contribution in [0.25, 0.3) is 11.0 Å². The zero-order valence-electron chi connectivity index (χ0n) is 20.4. The minimum Gasteiger partial charge on any atom is -0.444 e. The minimum atomic E-state index is -0.953. The predicted octanol–water partition coefficient (Wildman–Crippen LogP) is 3.57. The highest BCUT2D eigenvalue weighted by Crippen LogP contribution is 2.50. The van der Waals surface area contributed by atoms with Crippen LogP contribution in [0.5, 0.6) is 0 Å². The molecule has 1 aliphatic carbocycles. The number of amides is 1. The van der Waals surface area contributed by atoms with Crippen LogP contribution in [0.1, 0.15) is 79.6 Å². The Balaban J connectivity index is 1.56. The van der Waals surface area contributed by atoms with E-state index in [9.17, 15) is 9.90 Å². The van der Waals surface area contributed by atoms with Gasteiger partial charge in [-0.3, -0.25) is 4.90 Å². The summed E-state index contributed by atoms with van der Waals surface area (Å²) in [5.74, 6) is 1.23. The van der Waals surface area contributed by atoms with Crippen LogP contribution in [0, 0.1) is 5.92 Å². The summed E-state index contributed by atoms with van der Waals surface area (Å²) in [4.78, 5) is 23.2. The molecular formula is C24H36BN3O4. The molecule has 1 saturated heterocycles. The molecule has 2 unspecified atom stereocenters. The number of rotatable bonds is 5. The van der Waals surface area contributed by atoms with Crippen LogP contribution >= 0.6 is 0 Å². The molecule has 174 valence electrons. The van der Waals surface area contributed by atoms with Crippen LogP contribution < -0.4 is 5.46 Å². The number of fused-ring (bicyclic) bond motifs is 3. The van der Waals surface area contributed by atoms with Crippen molar-refractivity contribution in [2.45, 2.75) is 96.6 Å². The summed E-state index contributed by atoms with van der Waals surface area (Å²) >= 11 is 0. The summed E-state index contributed by atoms with van der Waals surface area (Å²) in [5, 5.41) is 10.3. The molecule has 1 aliphatic heterocycles. The summed E-state index contributed by atoms with van der Waals surface area (Å²) in [6, 6.07) is 6.17. The molecule has 2 fully saturated rings. The standard InChI is InChI=1S/C24H36BN3O4/c1-22(2,3)31-21(29)28-16-10-8-14(12-16)19(28)20-26-17-11-9-15(13-18(17)27-20)25-32-24(6,7)23(4,5)30/h9,11,13-14,16,19,25,30H,8,10,12H2,1-7H3,(H,26,27)/t14-,16?,19?/m0/s1. The number of carbonyl (C=O) groups excluding carboxylic acids is 1. The number of aromatic amines is 1. The van der Waals surface area contributed by atoms with Crippen molar-refractivity contribution < 1.29 is 19.3 Å². The lowest BCUT2D eigenvalue weighted by molar-refractivity contribution is -0.0893. The number of benzene rings is 1. The SMILES string of the molecule is CC(C)(C)OC(=O)N1C2CC[C@@H](C2)C1c1nc2ccc(BOC(C)(C)C(C)(C)O)cc2[nH]1. The zero-order valence-corrected chi connectivity index (χ0v) is 20.4. The maximum atomic E-state index is 13.0. The molecule has 32 heavy (non-hydrogen) atoms. The van der Waals surface area contributed by atoms with Gasteiger partial charge in [-0.15, -0.1) is 0 Å². The van der Waals surface area contributed by atoms with Gasteiger partial charge in [-0.25, -0.2) is 9.78 Å². The zero-order chi connectivity index (χ0) is 23.5. The topological polar surface area (TPSA) is 87.7 Å². The first-order valence-electron chi connectivity index (χ1n) is 11.6. The molecule has 1 aromatic heterocycles. The number of H-pyrrole nitrogens is 1. The van der Waals surface area contributed by atoms with Gasteiger partial charge in [0.2, 0.25) is 0 Å². The fraction of sp³-hybridized carbons (Fsp3) is 0.667. The number of aliphatic hydroxyl groups is 1. The Morgan fingerprint density at radius 2 is 1.91 bits per heavy atom. The third kappa shape index (κ3) is 4.39. The van der Waals surface area contributed by atoms with Crippen LogP contribution in [0.15, 0.2) is 18.2 Å². The quantitative estimate of drug-likeness (QED) is 0.693. The van der Waals surface area contributed by atoms with E-state index in [1.165, 1.54) is 0 Å². The molecule has 8 heteroatoms. The van der Waals surface area contributed by atoms with Gasteiger partial charge >= 0.3 is 13.6 Å². The van der Waals surface area contributed by atoms with Gasteiger partial charge in [0, 0.05) is 6.04 Å². The fourth-order valence-corrected chi connectivity index (χ4v) is 4.66. The van der Waals surface area contributed by atoms with Gasteiger partial charge in [0.05, 0.1) is 28.3 Å². The lowest BCUT2D eigenvalue weighted by atomic mass is 9.82. The molecular weight excluding hydrogens is 405 g/mol. The Bertz CT molecular complexity index is 1000. The summed E-state index contributed by atoms with van der Waals surface area (Å²) in [5.41, 5.74) is 0.639. The van der Waals surface area contributed by atoms with E-state index in [-0.39, 0.29) is 18.2 Å². The van der Waals surface area contributed by atoms with Crippen molar-refractivity contribution in [1.29, 1.82) is 0 Å². The number of ether oxygens (including phenoxy) is 1. The monoisotopic (exact) mass is 441 g/mol. The van der Waals surface area contributed by atoms with Gasteiger partial charge in [-0.1, -0.05) is 11.5 Å². The Labute approximate surface area is 191 Å². The van der Waals surface area contributed by atoms with E-state index >= 15 is 0 Å². The van der Waals surface area contributed by atoms with Crippen molar-refractivity contribution in [1.82, 2.24) is 14.9 Å². The molecule has 0 radical (unpaired) electrons. The third-order valence-corrected chi connectivity index (χ3v) is 7.11. The van der Waals surface area contributed by atoms with Crippen molar-refractivity contribution in [3.8, 4) is 0 Å². The predicted molar refractivity (Wildman–Crippen MR) is 126 cm³/mol. The normalized spacial score (nSPS) is 23.8. The summed E-state index contributed by atoms with van der Waals surface area (Å²) in [7, 11) is 0.388. The number of nitrogens with one attached hydrogen (secondary N) is 1. The Morgan fingerprint density at radius 3 is 2.56 bits per heavy atom. The maximum Gasteiger partial charge on any atom is 0.411 e. The molecule has 3 atom stereocenters. The van der Waals surface area contributed by atoms with Gasteiger partial charge in [0.15, 0.2) is 0 Å². The van der Waals surface area contributed by atoms with Gasteiger partial charge in [-0.05, 0) is 85.8 Å². The lowest BCUT2D eigenvalue weighted by Gasteiger charge is -2.37. The van der Waals surface area contributed by atoms with E-state index in [1.54, 1.807) is 13.8 Å². The number of nitrogens with zero attached hydrogens (tertiary/aromatic N) is 2. The second-order valence-electron chi connectivity index (χ2n) is 11.4.